The van der Waals surface area contributed by atoms with Crippen molar-refractivity contribution in [3.63, 3.8) is 0 Å². The maximum absolute atomic E-state index is 11.0. The van der Waals surface area contributed by atoms with Gasteiger partial charge >= 0.3 is 6.01 Å². The first-order valence-corrected chi connectivity index (χ1v) is 8.20. The number of hydrogen-bond donors (Lipinski definition) is 1. The highest BCUT2D eigenvalue weighted by Gasteiger charge is 2.08. The fourth-order valence-electron chi connectivity index (χ4n) is 1.21. The fourth-order valence-corrected chi connectivity index (χ4v) is 2.03. The van der Waals surface area contributed by atoms with Gasteiger partial charge in [-0.1, -0.05) is 0 Å². The van der Waals surface area contributed by atoms with Crippen molar-refractivity contribution in [3.8, 4) is 6.01 Å². The summed E-state index contributed by atoms with van der Waals surface area (Å²) in [7, 11) is -2.95. The molecular weight excluding hydrogens is 292 g/mol. The van der Waals surface area contributed by atoms with E-state index in [0.717, 1.165) is 0 Å². The summed E-state index contributed by atoms with van der Waals surface area (Å²) in [4.78, 5) is 11.7. The zero-order valence-electron chi connectivity index (χ0n) is 11.1. The molecule has 7 nitrogen and oxygen atoms in total. The molecule has 1 heterocycles. The maximum Gasteiger partial charge on any atom is 0.322 e. The molecule has 1 aromatic heterocycles. The summed E-state index contributed by atoms with van der Waals surface area (Å²) in [5, 5.41) is 2.90. The third kappa shape index (κ3) is 7.12. The molecular formula is C10H17ClN4O3S. The van der Waals surface area contributed by atoms with Crippen LogP contribution >= 0.6 is 11.6 Å². The van der Waals surface area contributed by atoms with Crippen molar-refractivity contribution < 1.29 is 13.2 Å². The van der Waals surface area contributed by atoms with Crippen LogP contribution in [0.5, 0.6) is 6.01 Å². The highest BCUT2D eigenvalue weighted by molar-refractivity contribution is 7.90. The van der Waals surface area contributed by atoms with Gasteiger partial charge in [0.05, 0.1) is 11.9 Å². The Morgan fingerprint density at radius 3 is 2.58 bits per heavy atom. The minimum absolute atomic E-state index is 0.0243. The summed E-state index contributed by atoms with van der Waals surface area (Å²) in [5.41, 5.74) is 0. The molecule has 0 spiro atoms. The van der Waals surface area contributed by atoms with Crippen molar-refractivity contribution in [3.05, 3.63) is 5.28 Å². The molecule has 108 valence electrons. The molecule has 9 heteroatoms. The Morgan fingerprint density at radius 2 is 2.00 bits per heavy atom. The standard InChI is InChI=1S/C10H17ClN4O3S/c1-7(2)18-10-14-8(11)13-9(15-10)12-5-4-6-19(3,16)17/h7H,4-6H2,1-3H3,(H,12,13,14,15). The molecule has 0 radical (unpaired) electrons. The molecule has 0 saturated carbocycles. The summed E-state index contributed by atoms with van der Waals surface area (Å²) in [6.45, 7) is 4.11. The van der Waals surface area contributed by atoms with Gasteiger partial charge in [0.25, 0.3) is 0 Å². The van der Waals surface area contributed by atoms with E-state index in [1.165, 1.54) is 6.26 Å². The van der Waals surface area contributed by atoms with Gasteiger partial charge in [-0.2, -0.15) is 15.0 Å². The molecule has 0 amide bonds. The third-order valence-corrected chi connectivity index (χ3v) is 3.10. The first-order valence-electron chi connectivity index (χ1n) is 5.76. The number of aromatic nitrogens is 3. The lowest BCUT2D eigenvalue weighted by Gasteiger charge is -2.09. The normalized spacial score (nSPS) is 11.6. The first-order chi connectivity index (χ1) is 8.76. The lowest BCUT2D eigenvalue weighted by Crippen LogP contribution is -2.14. The molecule has 0 fully saturated rings. The molecule has 0 aliphatic heterocycles. The molecule has 0 aliphatic rings. The van der Waals surface area contributed by atoms with Gasteiger partial charge in [-0.25, -0.2) is 8.42 Å². The predicted octanol–water partition coefficient (Wildman–Crippen LogP) is 1.16. The monoisotopic (exact) mass is 308 g/mol. The van der Waals surface area contributed by atoms with Crippen LogP contribution in [0, 0.1) is 0 Å². The zero-order chi connectivity index (χ0) is 14.5. The van der Waals surface area contributed by atoms with E-state index >= 15 is 0 Å². The Bertz CT molecular complexity index is 522. The maximum atomic E-state index is 11.0. The minimum Gasteiger partial charge on any atom is -0.461 e. The van der Waals surface area contributed by atoms with Crippen LogP contribution < -0.4 is 10.1 Å². The number of rotatable bonds is 7. The number of nitrogens with one attached hydrogen (secondary N) is 1. The van der Waals surface area contributed by atoms with Gasteiger partial charge in [0, 0.05) is 12.8 Å². The number of anilines is 1. The van der Waals surface area contributed by atoms with Gasteiger partial charge in [-0.15, -0.1) is 0 Å². The van der Waals surface area contributed by atoms with E-state index in [-0.39, 0.29) is 29.1 Å². The van der Waals surface area contributed by atoms with Gasteiger partial charge in [0.15, 0.2) is 0 Å². The van der Waals surface area contributed by atoms with Gasteiger partial charge in [0.2, 0.25) is 11.2 Å². The van der Waals surface area contributed by atoms with Crippen LogP contribution in [-0.2, 0) is 9.84 Å². The smallest absolute Gasteiger partial charge is 0.322 e. The van der Waals surface area contributed by atoms with E-state index in [1.807, 2.05) is 13.8 Å². The fraction of sp³-hybridized carbons (Fsp3) is 0.700. The van der Waals surface area contributed by atoms with Crippen molar-refractivity contribution in [1.82, 2.24) is 15.0 Å². The Morgan fingerprint density at radius 1 is 1.32 bits per heavy atom. The van der Waals surface area contributed by atoms with Crippen molar-refractivity contribution >= 4 is 27.4 Å². The van der Waals surface area contributed by atoms with Crippen molar-refractivity contribution in [1.29, 1.82) is 0 Å². The summed E-state index contributed by atoms with van der Waals surface area (Å²) in [5.74, 6) is 0.373. The molecule has 0 unspecified atom stereocenters. The van der Waals surface area contributed by atoms with Crippen molar-refractivity contribution in [2.45, 2.75) is 26.4 Å². The van der Waals surface area contributed by atoms with Crippen LogP contribution in [0.25, 0.3) is 0 Å². The van der Waals surface area contributed by atoms with Gasteiger partial charge < -0.3 is 10.1 Å². The second-order valence-electron chi connectivity index (χ2n) is 4.29. The zero-order valence-corrected chi connectivity index (χ0v) is 12.6. The van der Waals surface area contributed by atoms with Crippen LogP contribution in [0.3, 0.4) is 0 Å². The third-order valence-electron chi connectivity index (χ3n) is 1.90. The number of sulfone groups is 1. The molecule has 1 rings (SSSR count). The highest BCUT2D eigenvalue weighted by Crippen LogP contribution is 2.12. The minimum atomic E-state index is -2.95. The van der Waals surface area contributed by atoms with Crippen LogP contribution in [0.1, 0.15) is 20.3 Å². The lowest BCUT2D eigenvalue weighted by molar-refractivity contribution is 0.222. The van der Waals surface area contributed by atoms with Gasteiger partial charge in [-0.05, 0) is 31.9 Å². The summed E-state index contributed by atoms with van der Waals surface area (Å²) < 4.78 is 27.2. The Hall–Kier alpha value is -1.15. The van der Waals surface area contributed by atoms with Crippen LogP contribution in [0.15, 0.2) is 0 Å². The number of nitrogens with zero attached hydrogens (tertiary/aromatic N) is 3. The molecule has 1 N–H and O–H groups in total. The molecule has 0 bridgehead atoms. The topological polar surface area (TPSA) is 94.1 Å². The van der Waals surface area contributed by atoms with E-state index in [9.17, 15) is 8.42 Å². The molecule has 19 heavy (non-hydrogen) atoms. The quantitative estimate of drug-likeness (QED) is 0.755. The van der Waals surface area contributed by atoms with E-state index in [4.69, 9.17) is 16.3 Å². The second-order valence-corrected chi connectivity index (χ2v) is 6.89. The van der Waals surface area contributed by atoms with E-state index in [2.05, 4.69) is 20.3 Å². The van der Waals surface area contributed by atoms with Crippen molar-refractivity contribution in [2.24, 2.45) is 0 Å². The Kier molecular flexibility index (Phi) is 5.74. The van der Waals surface area contributed by atoms with Crippen LogP contribution in [-0.4, -0.2) is 48.0 Å². The average Bonchev–Trinajstić information content (AvgIpc) is 2.21. The predicted molar refractivity (Wildman–Crippen MR) is 73.4 cm³/mol. The second kappa shape index (κ2) is 6.85. The number of ether oxygens (including phenoxy) is 1. The molecule has 0 aromatic carbocycles. The number of hydrogen-bond acceptors (Lipinski definition) is 7. The van der Waals surface area contributed by atoms with Crippen LogP contribution in [0.4, 0.5) is 5.95 Å². The van der Waals surface area contributed by atoms with E-state index in [1.54, 1.807) is 0 Å². The molecule has 0 saturated heterocycles. The van der Waals surface area contributed by atoms with Crippen molar-refractivity contribution in [2.75, 3.05) is 23.9 Å². The molecule has 0 aliphatic carbocycles. The largest absolute Gasteiger partial charge is 0.461 e. The lowest BCUT2D eigenvalue weighted by atomic mass is 10.5. The van der Waals surface area contributed by atoms with E-state index in [0.29, 0.717) is 13.0 Å². The van der Waals surface area contributed by atoms with Crippen LogP contribution in [0.2, 0.25) is 5.28 Å². The molecule has 0 atom stereocenters. The molecule has 1 aromatic rings. The SMILES string of the molecule is CC(C)Oc1nc(Cl)nc(NCCCS(C)(=O)=O)n1. The Labute approximate surface area is 117 Å². The summed E-state index contributed by atoms with van der Waals surface area (Å²) in [6.07, 6.45) is 1.58. The highest BCUT2D eigenvalue weighted by atomic mass is 35.5. The summed E-state index contributed by atoms with van der Waals surface area (Å²) in [6, 6.07) is 0.139. The average molecular weight is 309 g/mol. The van der Waals surface area contributed by atoms with E-state index < -0.39 is 9.84 Å². The number of halogens is 1. The Balaban J connectivity index is 2.56. The van der Waals surface area contributed by atoms with Gasteiger partial charge in [0.1, 0.15) is 9.84 Å². The van der Waals surface area contributed by atoms with Gasteiger partial charge in [-0.3, -0.25) is 0 Å². The summed E-state index contributed by atoms with van der Waals surface area (Å²) >= 11 is 5.74. The first kappa shape index (κ1) is 15.9.